The molecule has 4 nitrogen and oxygen atoms in total. The molecular weight excluding hydrogens is 252 g/mol. The summed E-state index contributed by atoms with van der Waals surface area (Å²) >= 11 is 0. The van der Waals surface area contributed by atoms with E-state index in [2.05, 4.69) is 9.97 Å². The lowest BCUT2D eigenvalue weighted by molar-refractivity contribution is 0.156. The summed E-state index contributed by atoms with van der Waals surface area (Å²) < 4.78 is 5.99. The predicted molar refractivity (Wildman–Crippen MR) is 81.2 cm³/mol. The summed E-state index contributed by atoms with van der Waals surface area (Å²) in [5.41, 5.74) is 0.543. The summed E-state index contributed by atoms with van der Waals surface area (Å²) in [6, 6.07) is 3.54. The molecule has 1 aliphatic carbocycles. The zero-order chi connectivity index (χ0) is 14.4. The Morgan fingerprint density at radius 3 is 2.75 bits per heavy atom. The molecule has 2 aromatic rings. The third-order valence-electron chi connectivity index (χ3n) is 3.47. The van der Waals surface area contributed by atoms with Crippen LogP contribution in [0.4, 0.5) is 0 Å². The van der Waals surface area contributed by atoms with Gasteiger partial charge in [0.05, 0.1) is 11.5 Å². The number of nitrogens with one attached hydrogen (secondary N) is 1. The Balaban J connectivity index is 0.000000704. The van der Waals surface area contributed by atoms with Crippen LogP contribution in [0.25, 0.3) is 10.9 Å². The summed E-state index contributed by atoms with van der Waals surface area (Å²) in [7, 11) is 0. The van der Waals surface area contributed by atoms with Crippen LogP contribution in [0.1, 0.15) is 46.0 Å². The van der Waals surface area contributed by atoms with Gasteiger partial charge < -0.3 is 9.72 Å². The smallest absolute Gasteiger partial charge is 0.257 e. The number of H-pyrrole nitrogens is 1. The minimum Gasteiger partial charge on any atom is -0.487 e. The van der Waals surface area contributed by atoms with Crippen LogP contribution in [0.3, 0.4) is 0 Å². The number of ether oxygens (including phenoxy) is 1. The topological polar surface area (TPSA) is 55.0 Å². The molecule has 1 saturated carbocycles. The molecule has 0 unspecified atom stereocenters. The number of aromatic nitrogens is 2. The van der Waals surface area contributed by atoms with Crippen LogP contribution in [-0.4, -0.2) is 16.1 Å². The highest BCUT2D eigenvalue weighted by Crippen LogP contribution is 2.26. The van der Waals surface area contributed by atoms with Gasteiger partial charge >= 0.3 is 0 Å². The second-order valence-electron chi connectivity index (χ2n) is 4.76. The van der Waals surface area contributed by atoms with Gasteiger partial charge in [0.2, 0.25) is 0 Å². The molecule has 1 N–H and O–H groups in total. The Bertz CT molecular complexity index is 601. The van der Waals surface area contributed by atoms with Gasteiger partial charge in [-0.25, -0.2) is 0 Å². The van der Waals surface area contributed by atoms with Gasteiger partial charge in [0.1, 0.15) is 5.52 Å². The largest absolute Gasteiger partial charge is 0.487 e. The van der Waals surface area contributed by atoms with Crippen LogP contribution in [0, 0.1) is 0 Å². The minimum absolute atomic E-state index is 0.117. The quantitative estimate of drug-likeness (QED) is 0.909. The lowest BCUT2D eigenvalue weighted by atomic mass is 9.98. The van der Waals surface area contributed by atoms with Crippen molar-refractivity contribution in [1.29, 1.82) is 0 Å². The minimum atomic E-state index is -0.117. The van der Waals surface area contributed by atoms with Gasteiger partial charge in [-0.1, -0.05) is 20.3 Å². The van der Waals surface area contributed by atoms with E-state index in [-0.39, 0.29) is 11.7 Å². The van der Waals surface area contributed by atoms with Gasteiger partial charge in [-0.2, -0.15) is 0 Å². The maximum absolute atomic E-state index is 11.7. The van der Waals surface area contributed by atoms with Gasteiger partial charge in [-0.15, -0.1) is 0 Å². The number of rotatable bonds is 2. The fourth-order valence-corrected chi connectivity index (χ4v) is 2.51. The third-order valence-corrected chi connectivity index (χ3v) is 3.47. The monoisotopic (exact) mass is 274 g/mol. The van der Waals surface area contributed by atoms with E-state index in [1.165, 1.54) is 19.3 Å². The number of pyridine rings is 2. The molecule has 0 spiro atoms. The Morgan fingerprint density at radius 2 is 2.00 bits per heavy atom. The molecule has 2 aromatic heterocycles. The van der Waals surface area contributed by atoms with Crippen LogP contribution in [0.5, 0.6) is 5.75 Å². The lowest BCUT2D eigenvalue weighted by Gasteiger charge is -2.23. The van der Waals surface area contributed by atoms with Crippen LogP contribution in [0.2, 0.25) is 0 Å². The first-order valence-corrected chi connectivity index (χ1v) is 7.47. The van der Waals surface area contributed by atoms with Crippen LogP contribution in [0.15, 0.2) is 29.3 Å². The van der Waals surface area contributed by atoms with Gasteiger partial charge in [-0.05, 0) is 37.8 Å². The first-order valence-electron chi connectivity index (χ1n) is 7.47. The number of nitrogens with zero attached hydrogens (tertiary/aromatic N) is 1. The van der Waals surface area contributed by atoms with Crippen LogP contribution < -0.4 is 10.3 Å². The highest BCUT2D eigenvalue weighted by molar-refractivity contribution is 5.82. The van der Waals surface area contributed by atoms with E-state index in [1.807, 2.05) is 13.8 Å². The maximum Gasteiger partial charge on any atom is 0.257 e. The molecule has 4 heteroatoms. The Morgan fingerprint density at radius 1 is 1.25 bits per heavy atom. The van der Waals surface area contributed by atoms with E-state index < -0.39 is 0 Å². The number of aromatic amines is 1. The van der Waals surface area contributed by atoms with Crippen molar-refractivity contribution in [2.75, 3.05) is 0 Å². The molecule has 0 bridgehead atoms. The summed E-state index contributed by atoms with van der Waals surface area (Å²) in [6.07, 6.45) is 9.50. The van der Waals surface area contributed by atoms with Gasteiger partial charge in [-0.3, -0.25) is 9.78 Å². The molecule has 2 heterocycles. The first-order chi connectivity index (χ1) is 9.84. The Labute approximate surface area is 119 Å². The molecule has 20 heavy (non-hydrogen) atoms. The SMILES string of the molecule is CC.O=c1[nH]cc(OC2CCCCC2)c2ncccc12. The lowest BCUT2D eigenvalue weighted by Crippen LogP contribution is -2.20. The fraction of sp³-hybridized carbons (Fsp3) is 0.500. The van der Waals surface area contributed by atoms with Gasteiger partial charge in [0.15, 0.2) is 5.75 Å². The molecular formula is C16H22N2O2. The van der Waals surface area contributed by atoms with Crippen molar-refractivity contribution in [1.82, 2.24) is 9.97 Å². The van der Waals surface area contributed by atoms with Crippen molar-refractivity contribution in [3.05, 3.63) is 34.9 Å². The molecule has 0 aromatic carbocycles. The molecule has 0 saturated heterocycles. The average molecular weight is 274 g/mol. The maximum atomic E-state index is 11.7. The van der Waals surface area contributed by atoms with E-state index in [0.29, 0.717) is 16.7 Å². The summed E-state index contributed by atoms with van der Waals surface area (Å²) in [5.74, 6) is 0.692. The van der Waals surface area contributed by atoms with Crippen molar-refractivity contribution in [2.24, 2.45) is 0 Å². The van der Waals surface area contributed by atoms with Crippen molar-refractivity contribution < 1.29 is 4.74 Å². The molecule has 0 radical (unpaired) electrons. The van der Waals surface area contributed by atoms with Gasteiger partial charge in [0, 0.05) is 12.4 Å². The van der Waals surface area contributed by atoms with Crippen LogP contribution in [-0.2, 0) is 0 Å². The predicted octanol–water partition coefficient (Wildman–Crippen LogP) is 3.66. The highest BCUT2D eigenvalue weighted by atomic mass is 16.5. The standard InChI is InChI=1S/C14H16N2O2.C2H6/c17-14-11-7-4-8-15-13(11)12(9-16-14)18-10-5-2-1-3-6-10;1-2/h4,7-10H,1-3,5-6H2,(H,16,17);1-2H3. The zero-order valence-corrected chi connectivity index (χ0v) is 12.2. The second kappa shape index (κ2) is 7.08. The zero-order valence-electron chi connectivity index (χ0n) is 12.2. The van der Waals surface area contributed by atoms with Crippen molar-refractivity contribution >= 4 is 10.9 Å². The normalized spacial score (nSPS) is 15.5. The molecule has 0 aliphatic heterocycles. The Kier molecular flexibility index (Phi) is 5.16. The summed E-state index contributed by atoms with van der Waals surface area (Å²) in [6.45, 7) is 4.00. The number of hydrogen-bond donors (Lipinski definition) is 1. The van der Waals surface area contributed by atoms with E-state index in [9.17, 15) is 4.79 Å². The second-order valence-corrected chi connectivity index (χ2v) is 4.76. The third kappa shape index (κ3) is 3.18. The molecule has 0 amide bonds. The fourth-order valence-electron chi connectivity index (χ4n) is 2.51. The summed E-state index contributed by atoms with van der Waals surface area (Å²) in [5, 5.41) is 0.589. The van der Waals surface area contributed by atoms with Crippen LogP contribution >= 0.6 is 0 Å². The number of fused-ring (bicyclic) bond motifs is 1. The van der Waals surface area contributed by atoms with E-state index in [0.717, 1.165) is 12.8 Å². The van der Waals surface area contributed by atoms with E-state index in [1.54, 1.807) is 24.5 Å². The van der Waals surface area contributed by atoms with E-state index >= 15 is 0 Å². The van der Waals surface area contributed by atoms with E-state index in [4.69, 9.17) is 4.74 Å². The first kappa shape index (κ1) is 14.6. The number of hydrogen-bond acceptors (Lipinski definition) is 3. The molecule has 0 atom stereocenters. The van der Waals surface area contributed by atoms with Crippen molar-refractivity contribution in [2.45, 2.75) is 52.1 Å². The molecule has 3 rings (SSSR count). The highest BCUT2D eigenvalue weighted by Gasteiger charge is 2.16. The Hall–Kier alpha value is -1.84. The molecule has 1 aliphatic rings. The molecule has 1 fully saturated rings. The van der Waals surface area contributed by atoms with Gasteiger partial charge in [0.25, 0.3) is 5.56 Å². The van der Waals surface area contributed by atoms with Crippen molar-refractivity contribution in [3.63, 3.8) is 0 Å². The average Bonchev–Trinajstić information content (AvgIpc) is 2.53. The molecule has 108 valence electrons. The van der Waals surface area contributed by atoms with Crippen molar-refractivity contribution in [3.8, 4) is 5.75 Å². The summed E-state index contributed by atoms with van der Waals surface area (Å²) in [4.78, 5) is 18.6.